The van der Waals surface area contributed by atoms with Crippen LogP contribution in [-0.4, -0.2) is 79.5 Å². The molecule has 0 unspecified atom stereocenters. The highest BCUT2D eigenvalue weighted by molar-refractivity contribution is 7.89. The van der Waals surface area contributed by atoms with Crippen molar-refractivity contribution in [3.8, 4) is 5.75 Å². The number of carbonyl (C=O) groups is 1. The van der Waals surface area contributed by atoms with Gasteiger partial charge in [0.2, 0.25) is 15.9 Å². The fourth-order valence-electron chi connectivity index (χ4n) is 5.12. The molecule has 0 aliphatic carbocycles. The molecule has 0 radical (unpaired) electrons. The number of aromatic nitrogens is 2. The number of amides is 1. The van der Waals surface area contributed by atoms with Crippen LogP contribution in [0, 0.1) is 5.92 Å². The summed E-state index contributed by atoms with van der Waals surface area (Å²) >= 11 is 0. The summed E-state index contributed by atoms with van der Waals surface area (Å²) in [6.45, 7) is 5.23. The fraction of sp³-hybridized carbons (Fsp3) is 0.444. The Morgan fingerprint density at radius 2 is 1.74 bits per heavy atom. The van der Waals surface area contributed by atoms with E-state index >= 15 is 0 Å². The first-order valence-electron chi connectivity index (χ1n) is 12.9. The lowest BCUT2D eigenvalue weighted by molar-refractivity contribution is -0.132. The molecular weight excluding hydrogens is 506 g/mol. The topological polar surface area (TPSA) is 105 Å². The molecule has 11 heteroatoms. The second-order valence-corrected chi connectivity index (χ2v) is 11.9. The largest absolute Gasteiger partial charge is 0.495 e. The number of anilines is 1. The molecule has 38 heavy (non-hydrogen) atoms. The van der Waals surface area contributed by atoms with Gasteiger partial charge in [-0.15, -0.1) is 0 Å². The number of rotatable bonds is 6. The Morgan fingerprint density at radius 3 is 2.45 bits per heavy atom. The van der Waals surface area contributed by atoms with E-state index in [1.165, 1.54) is 27.3 Å². The Balaban J connectivity index is 1.30. The minimum Gasteiger partial charge on any atom is -0.495 e. The molecule has 2 saturated heterocycles. The van der Waals surface area contributed by atoms with E-state index in [4.69, 9.17) is 4.74 Å². The molecule has 5 rings (SSSR count). The van der Waals surface area contributed by atoms with E-state index < -0.39 is 15.6 Å². The van der Waals surface area contributed by atoms with E-state index in [-0.39, 0.29) is 22.7 Å². The summed E-state index contributed by atoms with van der Waals surface area (Å²) in [5.41, 5.74) is 0.956. The highest BCUT2D eigenvalue weighted by atomic mass is 32.2. The Morgan fingerprint density at radius 1 is 1.03 bits per heavy atom. The third kappa shape index (κ3) is 5.12. The van der Waals surface area contributed by atoms with Gasteiger partial charge in [0.25, 0.3) is 5.56 Å². The Kier molecular flexibility index (Phi) is 7.40. The zero-order valence-electron chi connectivity index (χ0n) is 21.7. The van der Waals surface area contributed by atoms with Crippen LogP contribution >= 0.6 is 0 Å². The third-order valence-electron chi connectivity index (χ3n) is 7.54. The molecule has 10 nitrogen and oxygen atoms in total. The predicted octanol–water partition coefficient (Wildman–Crippen LogP) is 2.17. The Hall–Kier alpha value is -3.44. The lowest BCUT2D eigenvalue weighted by Crippen LogP contribution is -2.50. The van der Waals surface area contributed by atoms with Crippen LogP contribution in [0.5, 0.6) is 5.75 Å². The van der Waals surface area contributed by atoms with Gasteiger partial charge in [-0.3, -0.25) is 14.2 Å². The highest BCUT2D eigenvalue weighted by Crippen LogP contribution is 2.28. The summed E-state index contributed by atoms with van der Waals surface area (Å²) < 4.78 is 34.6. The van der Waals surface area contributed by atoms with Crippen LogP contribution in [-0.2, 0) is 21.4 Å². The Labute approximate surface area is 222 Å². The quantitative estimate of drug-likeness (QED) is 0.473. The van der Waals surface area contributed by atoms with Gasteiger partial charge in [0.1, 0.15) is 12.3 Å². The van der Waals surface area contributed by atoms with Gasteiger partial charge in [0.15, 0.2) is 0 Å². The molecule has 3 aromatic rings. The average Bonchev–Trinajstić information content (AvgIpc) is 2.94. The summed E-state index contributed by atoms with van der Waals surface area (Å²) in [5, 5.41) is 0.188. The first-order chi connectivity index (χ1) is 18.3. The third-order valence-corrected chi connectivity index (χ3v) is 9.43. The van der Waals surface area contributed by atoms with Crippen LogP contribution < -0.4 is 15.2 Å². The van der Waals surface area contributed by atoms with Crippen molar-refractivity contribution in [3.63, 3.8) is 0 Å². The average molecular weight is 540 g/mol. The van der Waals surface area contributed by atoms with Gasteiger partial charge in [-0.05, 0) is 49.1 Å². The summed E-state index contributed by atoms with van der Waals surface area (Å²) in [6.07, 6.45) is 2.99. The molecule has 2 aromatic carbocycles. The van der Waals surface area contributed by atoms with Crippen molar-refractivity contribution in [2.24, 2.45) is 5.92 Å². The van der Waals surface area contributed by atoms with Gasteiger partial charge in [-0.1, -0.05) is 19.1 Å². The molecule has 2 aliphatic heterocycles. The SMILES string of the molecule is COc1ccccc1N1CCN(C(=O)Cn2cnc3ccc(S(=O)(=O)N4CCC(C)CC4)cc3c2=O)CC1. The molecule has 0 atom stereocenters. The lowest BCUT2D eigenvalue weighted by Gasteiger charge is -2.36. The maximum atomic E-state index is 13.3. The van der Waals surface area contributed by atoms with Crippen LogP contribution in [0.2, 0.25) is 0 Å². The maximum Gasteiger partial charge on any atom is 0.261 e. The van der Waals surface area contributed by atoms with E-state index in [0.29, 0.717) is 50.7 Å². The first kappa shape index (κ1) is 26.2. The molecule has 3 heterocycles. The number of carbonyl (C=O) groups excluding carboxylic acids is 1. The molecule has 2 aliphatic rings. The zero-order chi connectivity index (χ0) is 26.9. The van der Waals surface area contributed by atoms with Crippen molar-refractivity contribution < 1.29 is 17.9 Å². The number of benzene rings is 2. The van der Waals surface area contributed by atoms with Crippen LogP contribution in [0.15, 0.2) is 58.5 Å². The van der Waals surface area contributed by atoms with Crippen LogP contribution in [0.1, 0.15) is 19.8 Å². The second-order valence-electron chi connectivity index (χ2n) is 9.98. The van der Waals surface area contributed by atoms with Gasteiger partial charge >= 0.3 is 0 Å². The first-order valence-corrected chi connectivity index (χ1v) is 14.4. The van der Waals surface area contributed by atoms with Gasteiger partial charge in [0.05, 0.1) is 34.9 Å². The number of hydrogen-bond donors (Lipinski definition) is 0. The summed E-state index contributed by atoms with van der Waals surface area (Å²) in [5.74, 6) is 1.10. The number of nitrogens with zero attached hydrogens (tertiary/aromatic N) is 5. The van der Waals surface area contributed by atoms with E-state index in [2.05, 4.69) is 16.8 Å². The molecule has 202 valence electrons. The van der Waals surface area contributed by atoms with E-state index in [0.717, 1.165) is 24.3 Å². The van der Waals surface area contributed by atoms with Gasteiger partial charge in [-0.2, -0.15) is 4.31 Å². The molecule has 2 fully saturated rings. The molecule has 0 bridgehead atoms. The molecular formula is C27H33N5O5S. The number of methoxy groups -OCH3 is 1. The van der Waals surface area contributed by atoms with Crippen molar-refractivity contribution in [1.82, 2.24) is 18.8 Å². The fourth-order valence-corrected chi connectivity index (χ4v) is 6.62. The standard InChI is InChI=1S/C27H33N5O5S/c1-20-9-11-32(12-10-20)38(35,36)21-7-8-23-22(17-21)27(34)31(19-28-23)18-26(33)30-15-13-29(14-16-30)24-5-3-4-6-25(24)37-2/h3-8,17,19-20H,9-16,18H2,1-2H3. The molecule has 0 saturated carbocycles. The second kappa shape index (κ2) is 10.7. The van der Waals surface area contributed by atoms with E-state index in [9.17, 15) is 18.0 Å². The van der Waals surface area contributed by atoms with Gasteiger partial charge in [-0.25, -0.2) is 13.4 Å². The zero-order valence-corrected chi connectivity index (χ0v) is 22.6. The van der Waals surface area contributed by atoms with Gasteiger partial charge in [0, 0.05) is 39.3 Å². The number of fused-ring (bicyclic) bond motifs is 1. The molecule has 1 amide bonds. The van der Waals surface area contributed by atoms with E-state index in [1.807, 2.05) is 24.3 Å². The minimum absolute atomic E-state index is 0.0787. The van der Waals surface area contributed by atoms with Crippen molar-refractivity contribution in [2.75, 3.05) is 51.3 Å². The summed E-state index contributed by atoms with van der Waals surface area (Å²) in [4.78, 5) is 34.7. The summed E-state index contributed by atoms with van der Waals surface area (Å²) in [7, 11) is -2.07. The smallest absolute Gasteiger partial charge is 0.261 e. The number of para-hydroxylation sites is 2. The highest BCUT2D eigenvalue weighted by Gasteiger charge is 2.29. The number of piperazine rings is 1. The lowest BCUT2D eigenvalue weighted by atomic mass is 10.0. The van der Waals surface area contributed by atoms with Crippen molar-refractivity contribution in [1.29, 1.82) is 0 Å². The van der Waals surface area contributed by atoms with Crippen LogP contribution in [0.3, 0.4) is 0 Å². The van der Waals surface area contributed by atoms with Gasteiger partial charge < -0.3 is 14.5 Å². The van der Waals surface area contributed by atoms with E-state index in [1.54, 1.807) is 18.1 Å². The normalized spacial score (nSPS) is 17.6. The number of sulfonamides is 1. The van der Waals surface area contributed by atoms with Crippen LogP contribution in [0.4, 0.5) is 5.69 Å². The molecule has 1 aromatic heterocycles. The summed E-state index contributed by atoms with van der Waals surface area (Å²) in [6, 6.07) is 12.2. The number of hydrogen-bond acceptors (Lipinski definition) is 7. The molecule has 0 N–H and O–H groups in total. The monoisotopic (exact) mass is 539 g/mol. The van der Waals surface area contributed by atoms with Crippen molar-refractivity contribution >= 4 is 32.5 Å². The predicted molar refractivity (Wildman–Crippen MR) is 145 cm³/mol. The minimum atomic E-state index is -3.71. The maximum absolute atomic E-state index is 13.3. The number of ether oxygens (including phenoxy) is 1. The number of piperidine rings is 1. The molecule has 0 spiro atoms. The Bertz CT molecular complexity index is 1490. The van der Waals surface area contributed by atoms with Crippen molar-refractivity contribution in [3.05, 3.63) is 59.1 Å². The van der Waals surface area contributed by atoms with Crippen LogP contribution in [0.25, 0.3) is 10.9 Å². The van der Waals surface area contributed by atoms with Crippen molar-refractivity contribution in [2.45, 2.75) is 31.2 Å².